The molecule has 1 aromatic rings. The average Bonchev–Trinajstić information content (AvgIpc) is 2.37. The van der Waals surface area contributed by atoms with Crippen LogP contribution in [-0.4, -0.2) is 38.3 Å². The number of sulfone groups is 1. The third-order valence-electron chi connectivity index (χ3n) is 3.51. The number of Topliss-reactive ketones (excluding diaryl/α,β-unsaturated/α-hetero) is 1. The van der Waals surface area contributed by atoms with Crippen LogP contribution in [-0.2, 0) is 9.84 Å². The standard InChI is InChI=1S/C14H19NO3S/c1-3-14(16)12-6-4-5-7-13(12)15-8-9-19(17,18)10-11(15)2/h4-7,11H,3,8-10H2,1-2H3. The van der Waals surface area contributed by atoms with Gasteiger partial charge in [-0.05, 0) is 19.1 Å². The Kier molecular flexibility index (Phi) is 3.94. The van der Waals surface area contributed by atoms with E-state index in [1.54, 1.807) is 0 Å². The van der Waals surface area contributed by atoms with Crippen LogP contribution in [0.4, 0.5) is 5.69 Å². The Hall–Kier alpha value is -1.36. The van der Waals surface area contributed by atoms with Crippen LogP contribution in [0, 0.1) is 0 Å². The molecule has 19 heavy (non-hydrogen) atoms. The summed E-state index contributed by atoms with van der Waals surface area (Å²) in [4.78, 5) is 14.0. The molecule has 0 radical (unpaired) electrons. The largest absolute Gasteiger partial charge is 0.366 e. The average molecular weight is 281 g/mol. The summed E-state index contributed by atoms with van der Waals surface area (Å²) in [6.45, 7) is 4.19. The Morgan fingerprint density at radius 1 is 1.37 bits per heavy atom. The van der Waals surface area contributed by atoms with Crippen LogP contribution in [0.15, 0.2) is 24.3 Å². The van der Waals surface area contributed by atoms with E-state index < -0.39 is 9.84 Å². The highest BCUT2D eigenvalue weighted by Gasteiger charge is 2.29. The molecule has 1 atom stereocenters. The number of para-hydroxylation sites is 1. The second-order valence-electron chi connectivity index (χ2n) is 4.95. The van der Waals surface area contributed by atoms with Gasteiger partial charge >= 0.3 is 0 Å². The Balaban J connectivity index is 2.35. The zero-order valence-corrected chi connectivity index (χ0v) is 12.1. The molecule has 0 spiro atoms. The minimum Gasteiger partial charge on any atom is -0.366 e. The zero-order chi connectivity index (χ0) is 14.0. The summed E-state index contributed by atoms with van der Waals surface area (Å²) in [5.74, 6) is 0.407. The summed E-state index contributed by atoms with van der Waals surface area (Å²) < 4.78 is 23.2. The van der Waals surface area contributed by atoms with Crippen molar-refractivity contribution in [2.24, 2.45) is 0 Å². The van der Waals surface area contributed by atoms with E-state index >= 15 is 0 Å². The van der Waals surface area contributed by atoms with Crippen molar-refractivity contribution in [1.82, 2.24) is 0 Å². The van der Waals surface area contributed by atoms with E-state index in [1.165, 1.54) is 0 Å². The molecule has 0 bridgehead atoms. The quantitative estimate of drug-likeness (QED) is 0.794. The summed E-state index contributed by atoms with van der Waals surface area (Å²) in [6.07, 6.45) is 0.456. The SMILES string of the molecule is CCC(=O)c1ccccc1N1CCS(=O)(=O)CC1C. The molecule has 0 saturated carbocycles. The number of nitrogens with zero attached hydrogens (tertiary/aromatic N) is 1. The van der Waals surface area contributed by atoms with Crippen molar-refractivity contribution < 1.29 is 13.2 Å². The Bertz CT molecular complexity index is 580. The number of hydrogen-bond donors (Lipinski definition) is 0. The first kappa shape index (κ1) is 14.1. The molecule has 0 N–H and O–H groups in total. The van der Waals surface area contributed by atoms with Crippen LogP contribution in [0.5, 0.6) is 0 Å². The fourth-order valence-electron chi connectivity index (χ4n) is 2.51. The number of benzene rings is 1. The first-order valence-corrected chi connectivity index (χ1v) is 8.36. The molecule has 1 aromatic carbocycles. The summed E-state index contributed by atoms with van der Waals surface area (Å²) in [5, 5.41) is 0. The fraction of sp³-hybridized carbons (Fsp3) is 0.500. The van der Waals surface area contributed by atoms with Crippen LogP contribution in [0.3, 0.4) is 0 Å². The van der Waals surface area contributed by atoms with Crippen molar-refractivity contribution in [1.29, 1.82) is 0 Å². The van der Waals surface area contributed by atoms with Gasteiger partial charge in [-0.1, -0.05) is 19.1 Å². The predicted molar refractivity (Wildman–Crippen MR) is 76.5 cm³/mol. The molecular formula is C14H19NO3S. The molecule has 1 unspecified atom stereocenters. The highest BCUT2D eigenvalue weighted by molar-refractivity contribution is 7.91. The van der Waals surface area contributed by atoms with Crippen LogP contribution in [0.2, 0.25) is 0 Å². The van der Waals surface area contributed by atoms with Gasteiger partial charge in [0.05, 0.1) is 11.5 Å². The van der Waals surface area contributed by atoms with Gasteiger partial charge in [-0.2, -0.15) is 0 Å². The molecule has 1 saturated heterocycles. The number of ketones is 1. The lowest BCUT2D eigenvalue weighted by Crippen LogP contribution is -2.47. The van der Waals surface area contributed by atoms with Gasteiger partial charge < -0.3 is 4.90 Å². The van der Waals surface area contributed by atoms with Gasteiger partial charge in [-0.15, -0.1) is 0 Å². The van der Waals surface area contributed by atoms with E-state index in [0.29, 0.717) is 18.5 Å². The highest BCUT2D eigenvalue weighted by atomic mass is 32.2. The third kappa shape index (κ3) is 2.97. The van der Waals surface area contributed by atoms with E-state index in [2.05, 4.69) is 0 Å². The smallest absolute Gasteiger partial charge is 0.164 e. The molecule has 1 fully saturated rings. The van der Waals surface area contributed by atoms with E-state index in [9.17, 15) is 13.2 Å². The molecule has 0 aliphatic carbocycles. The molecule has 0 aromatic heterocycles. The molecule has 0 amide bonds. The van der Waals surface area contributed by atoms with Crippen LogP contribution in [0.25, 0.3) is 0 Å². The maximum absolute atomic E-state index is 12.0. The Morgan fingerprint density at radius 3 is 2.68 bits per heavy atom. The molecule has 104 valence electrons. The first-order chi connectivity index (χ1) is 8.94. The van der Waals surface area contributed by atoms with E-state index in [-0.39, 0.29) is 23.3 Å². The lowest BCUT2D eigenvalue weighted by Gasteiger charge is -2.36. The van der Waals surface area contributed by atoms with Crippen LogP contribution < -0.4 is 4.90 Å². The summed E-state index contributed by atoms with van der Waals surface area (Å²) in [5.41, 5.74) is 1.55. The number of rotatable bonds is 3. The minimum absolute atomic E-state index is 0.0930. The molecule has 5 heteroatoms. The Labute approximate surface area is 114 Å². The molecule has 1 heterocycles. The zero-order valence-electron chi connectivity index (χ0n) is 11.3. The predicted octanol–water partition coefficient (Wildman–Crippen LogP) is 1.90. The second-order valence-corrected chi connectivity index (χ2v) is 7.18. The van der Waals surface area contributed by atoms with Crippen molar-refractivity contribution in [2.45, 2.75) is 26.3 Å². The van der Waals surface area contributed by atoms with Gasteiger partial charge in [0.25, 0.3) is 0 Å². The van der Waals surface area contributed by atoms with Gasteiger partial charge in [0.15, 0.2) is 15.6 Å². The number of carbonyl (C=O) groups excluding carboxylic acids is 1. The third-order valence-corrected chi connectivity index (χ3v) is 5.30. The summed E-state index contributed by atoms with van der Waals surface area (Å²) >= 11 is 0. The van der Waals surface area contributed by atoms with Crippen LogP contribution >= 0.6 is 0 Å². The summed E-state index contributed by atoms with van der Waals surface area (Å²) in [7, 11) is -2.94. The fourth-order valence-corrected chi connectivity index (χ4v) is 4.06. The topological polar surface area (TPSA) is 54.5 Å². The van der Waals surface area contributed by atoms with Gasteiger partial charge in [0.2, 0.25) is 0 Å². The van der Waals surface area contributed by atoms with Crippen molar-refractivity contribution >= 4 is 21.3 Å². The maximum atomic E-state index is 12.0. The van der Waals surface area contributed by atoms with E-state index in [1.807, 2.05) is 43.0 Å². The lowest BCUT2D eigenvalue weighted by atomic mass is 10.0. The molecule has 2 rings (SSSR count). The molecule has 4 nitrogen and oxygen atoms in total. The van der Waals surface area contributed by atoms with Crippen molar-refractivity contribution in [3.05, 3.63) is 29.8 Å². The molecular weight excluding hydrogens is 262 g/mol. The lowest BCUT2D eigenvalue weighted by molar-refractivity contribution is 0.0988. The number of carbonyl (C=O) groups is 1. The van der Waals surface area contributed by atoms with Crippen molar-refractivity contribution in [2.75, 3.05) is 23.0 Å². The Morgan fingerprint density at radius 2 is 2.05 bits per heavy atom. The second kappa shape index (κ2) is 5.33. The van der Waals surface area contributed by atoms with Gasteiger partial charge in [-0.25, -0.2) is 8.42 Å². The monoisotopic (exact) mass is 281 g/mol. The van der Waals surface area contributed by atoms with Crippen LogP contribution in [0.1, 0.15) is 30.6 Å². The first-order valence-electron chi connectivity index (χ1n) is 6.54. The number of hydrogen-bond acceptors (Lipinski definition) is 4. The molecule has 1 aliphatic rings. The van der Waals surface area contributed by atoms with Gasteiger partial charge in [0, 0.05) is 30.3 Å². The van der Waals surface area contributed by atoms with Gasteiger partial charge in [-0.3, -0.25) is 4.79 Å². The number of anilines is 1. The highest BCUT2D eigenvalue weighted by Crippen LogP contribution is 2.26. The van der Waals surface area contributed by atoms with E-state index in [0.717, 1.165) is 5.69 Å². The van der Waals surface area contributed by atoms with Gasteiger partial charge in [0.1, 0.15) is 0 Å². The molecule has 1 aliphatic heterocycles. The maximum Gasteiger partial charge on any atom is 0.164 e. The van der Waals surface area contributed by atoms with Crippen molar-refractivity contribution in [3.63, 3.8) is 0 Å². The van der Waals surface area contributed by atoms with E-state index in [4.69, 9.17) is 0 Å². The summed E-state index contributed by atoms with van der Waals surface area (Å²) in [6, 6.07) is 7.36. The minimum atomic E-state index is -2.94. The van der Waals surface area contributed by atoms with Crippen molar-refractivity contribution in [3.8, 4) is 0 Å². The normalized spacial score (nSPS) is 22.2.